The summed E-state index contributed by atoms with van der Waals surface area (Å²) in [5, 5.41) is 28.7. The molecule has 0 bridgehead atoms. The maximum atomic E-state index is 12.3. The third-order valence-corrected chi connectivity index (χ3v) is 2.62. The lowest BCUT2D eigenvalue weighted by atomic mass is 10.0. The molecule has 0 aliphatic heterocycles. The molecule has 6 nitrogen and oxygen atoms in total. The lowest BCUT2D eigenvalue weighted by molar-refractivity contribution is -0.120. The molecule has 102 valence electrons. The normalized spacial score (nSPS) is 10.0. The van der Waals surface area contributed by atoms with Crippen LogP contribution < -0.4 is 4.74 Å². The first-order valence-electron chi connectivity index (χ1n) is 5.53. The molecule has 6 heteroatoms. The molecule has 0 amide bonds. The van der Waals surface area contributed by atoms with Crippen molar-refractivity contribution in [3.05, 3.63) is 47.5 Å². The molecule has 0 saturated carbocycles. The van der Waals surface area contributed by atoms with Crippen molar-refractivity contribution >= 4 is 12.3 Å². The van der Waals surface area contributed by atoms with Crippen molar-refractivity contribution in [2.45, 2.75) is 0 Å². The molecule has 3 N–H and O–H groups in total. The van der Waals surface area contributed by atoms with Gasteiger partial charge >= 0.3 is 0 Å². The fourth-order valence-electron chi connectivity index (χ4n) is 1.76. The monoisotopic (exact) mass is 274 g/mol. The average molecular weight is 274 g/mol. The van der Waals surface area contributed by atoms with Gasteiger partial charge in [0.1, 0.15) is 28.6 Å². The standard InChI is InChI=1S/C14H10O6/c15-7-20-12-6-8(16)5-11(18)13(12)14(19)9-3-1-2-4-10(9)17/h1-7,16-18H. The number of ether oxygens (including phenoxy) is 1. The van der Waals surface area contributed by atoms with Crippen molar-refractivity contribution in [1.29, 1.82) is 0 Å². The van der Waals surface area contributed by atoms with Gasteiger partial charge in [-0.1, -0.05) is 12.1 Å². The van der Waals surface area contributed by atoms with E-state index < -0.39 is 11.5 Å². The van der Waals surface area contributed by atoms with Crippen LogP contribution in [0.15, 0.2) is 36.4 Å². The van der Waals surface area contributed by atoms with Crippen LogP contribution in [-0.4, -0.2) is 27.6 Å². The number of carbonyl (C=O) groups is 2. The lowest BCUT2D eigenvalue weighted by Crippen LogP contribution is -2.05. The zero-order valence-electron chi connectivity index (χ0n) is 10.1. The van der Waals surface area contributed by atoms with E-state index in [-0.39, 0.29) is 34.8 Å². The Labute approximate surface area is 113 Å². The minimum Gasteiger partial charge on any atom is -0.508 e. The van der Waals surface area contributed by atoms with E-state index in [1.54, 1.807) is 0 Å². The first-order chi connectivity index (χ1) is 9.54. The Morgan fingerprint density at radius 3 is 2.40 bits per heavy atom. The summed E-state index contributed by atoms with van der Waals surface area (Å²) in [5.74, 6) is -2.24. The lowest BCUT2D eigenvalue weighted by Gasteiger charge is -2.10. The molecule has 20 heavy (non-hydrogen) atoms. The summed E-state index contributed by atoms with van der Waals surface area (Å²) in [5.41, 5.74) is -0.388. The topological polar surface area (TPSA) is 104 Å². The van der Waals surface area contributed by atoms with Gasteiger partial charge in [0.2, 0.25) is 5.78 Å². The van der Waals surface area contributed by atoms with Crippen molar-refractivity contribution in [2.24, 2.45) is 0 Å². The third-order valence-electron chi connectivity index (χ3n) is 2.62. The maximum absolute atomic E-state index is 12.3. The van der Waals surface area contributed by atoms with E-state index in [1.165, 1.54) is 24.3 Å². The Hall–Kier alpha value is -3.02. The molecule has 0 heterocycles. The van der Waals surface area contributed by atoms with E-state index in [4.69, 9.17) is 0 Å². The minimum atomic E-state index is -0.738. The average Bonchev–Trinajstić information content (AvgIpc) is 2.38. The van der Waals surface area contributed by atoms with Crippen LogP contribution >= 0.6 is 0 Å². The van der Waals surface area contributed by atoms with Crippen LogP contribution in [0.5, 0.6) is 23.0 Å². The van der Waals surface area contributed by atoms with Gasteiger partial charge in [0.25, 0.3) is 6.47 Å². The Bertz CT molecular complexity index is 677. The number of benzene rings is 2. The summed E-state index contributed by atoms with van der Waals surface area (Å²) in [6.07, 6.45) is 0. The zero-order chi connectivity index (χ0) is 14.7. The number of phenols is 3. The van der Waals surface area contributed by atoms with Gasteiger partial charge in [-0.25, -0.2) is 0 Å². The summed E-state index contributed by atoms with van der Waals surface area (Å²) >= 11 is 0. The third kappa shape index (κ3) is 2.39. The Balaban J connectivity index is 2.60. The fraction of sp³-hybridized carbons (Fsp3) is 0. The number of ketones is 1. The minimum absolute atomic E-state index is 0.0653. The highest BCUT2D eigenvalue weighted by Gasteiger charge is 2.22. The molecule has 0 aromatic heterocycles. The number of hydrogen-bond donors (Lipinski definition) is 3. The van der Waals surface area contributed by atoms with Crippen molar-refractivity contribution in [2.75, 3.05) is 0 Å². The molecule has 2 aromatic carbocycles. The first-order valence-corrected chi connectivity index (χ1v) is 5.53. The first kappa shape index (κ1) is 13.4. The largest absolute Gasteiger partial charge is 0.508 e. The van der Waals surface area contributed by atoms with Crippen LogP contribution in [0.4, 0.5) is 0 Å². The Morgan fingerprint density at radius 2 is 1.75 bits per heavy atom. The van der Waals surface area contributed by atoms with Crippen molar-refractivity contribution in [1.82, 2.24) is 0 Å². The van der Waals surface area contributed by atoms with E-state index in [1.807, 2.05) is 0 Å². The second-order valence-electron chi connectivity index (χ2n) is 3.90. The molecular weight excluding hydrogens is 264 g/mol. The van der Waals surface area contributed by atoms with Crippen LogP contribution in [0.3, 0.4) is 0 Å². The number of aromatic hydroxyl groups is 3. The highest BCUT2D eigenvalue weighted by atomic mass is 16.5. The highest BCUT2D eigenvalue weighted by molar-refractivity contribution is 6.14. The Kier molecular flexibility index (Phi) is 3.56. The van der Waals surface area contributed by atoms with Crippen LogP contribution in [0.25, 0.3) is 0 Å². The summed E-state index contributed by atoms with van der Waals surface area (Å²) < 4.78 is 4.58. The van der Waals surface area contributed by atoms with E-state index in [2.05, 4.69) is 4.74 Å². The molecule has 0 unspecified atom stereocenters. The number of rotatable bonds is 4. The van der Waals surface area contributed by atoms with Crippen molar-refractivity contribution in [3.63, 3.8) is 0 Å². The van der Waals surface area contributed by atoms with Crippen LogP contribution in [-0.2, 0) is 4.79 Å². The van der Waals surface area contributed by atoms with Gasteiger partial charge < -0.3 is 20.1 Å². The molecule has 2 rings (SSSR count). The van der Waals surface area contributed by atoms with Crippen LogP contribution in [0.1, 0.15) is 15.9 Å². The van der Waals surface area contributed by atoms with Crippen molar-refractivity contribution < 1.29 is 29.6 Å². The van der Waals surface area contributed by atoms with Gasteiger partial charge in [-0.3, -0.25) is 9.59 Å². The quantitative estimate of drug-likeness (QED) is 0.577. The summed E-state index contributed by atoms with van der Waals surface area (Å²) in [6.45, 7) is 0.0653. The molecular formula is C14H10O6. The van der Waals surface area contributed by atoms with E-state index in [9.17, 15) is 24.9 Å². The predicted octanol–water partition coefficient (Wildman–Crippen LogP) is 1.57. The Morgan fingerprint density at radius 1 is 1.05 bits per heavy atom. The number of hydrogen-bond acceptors (Lipinski definition) is 6. The zero-order valence-corrected chi connectivity index (χ0v) is 10.1. The smallest absolute Gasteiger partial charge is 0.298 e. The SMILES string of the molecule is O=COc1cc(O)cc(O)c1C(=O)c1ccccc1O. The van der Waals surface area contributed by atoms with Crippen LogP contribution in [0.2, 0.25) is 0 Å². The fourth-order valence-corrected chi connectivity index (χ4v) is 1.76. The number of carbonyl (C=O) groups excluding carboxylic acids is 2. The summed E-state index contributed by atoms with van der Waals surface area (Å²) in [6, 6.07) is 7.68. The van der Waals surface area contributed by atoms with Crippen molar-refractivity contribution in [3.8, 4) is 23.0 Å². The summed E-state index contributed by atoms with van der Waals surface area (Å²) in [7, 11) is 0. The predicted molar refractivity (Wildman–Crippen MR) is 68.0 cm³/mol. The highest BCUT2D eigenvalue weighted by Crippen LogP contribution is 2.35. The van der Waals surface area contributed by atoms with Gasteiger partial charge in [-0.05, 0) is 12.1 Å². The van der Waals surface area contributed by atoms with Crippen LogP contribution in [0, 0.1) is 0 Å². The van der Waals surface area contributed by atoms with Gasteiger partial charge in [0, 0.05) is 12.1 Å². The maximum Gasteiger partial charge on any atom is 0.298 e. The van der Waals surface area contributed by atoms with E-state index >= 15 is 0 Å². The van der Waals surface area contributed by atoms with E-state index in [0.717, 1.165) is 12.1 Å². The summed E-state index contributed by atoms with van der Waals surface area (Å²) in [4.78, 5) is 22.7. The molecule has 0 atom stereocenters. The second-order valence-corrected chi connectivity index (χ2v) is 3.90. The van der Waals surface area contributed by atoms with Gasteiger partial charge in [0.05, 0.1) is 5.56 Å². The molecule has 0 aliphatic carbocycles. The molecule has 0 aliphatic rings. The molecule has 0 radical (unpaired) electrons. The molecule has 0 fully saturated rings. The molecule has 0 saturated heterocycles. The van der Waals surface area contributed by atoms with Gasteiger partial charge in [-0.15, -0.1) is 0 Å². The number of para-hydroxylation sites is 1. The van der Waals surface area contributed by atoms with Gasteiger partial charge in [-0.2, -0.15) is 0 Å². The van der Waals surface area contributed by atoms with Gasteiger partial charge in [0.15, 0.2) is 0 Å². The molecule has 0 spiro atoms. The van der Waals surface area contributed by atoms with E-state index in [0.29, 0.717) is 0 Å². The second kappa shape index (κ2) is 5.31. The molecule has 2 aromatic rings. The number of phenolic OH excluding ortho intramolecular Hbond substituents is 3.